The van der Waals surface area contributed by atoms with E-state index in [2.05, 4.69) is 26.1 Å². The Bertz CT molecular complexity index is 565. The average Bonchev–Trinajstić information content (AvgIpc) is 2.28. The summed E-state index contributed by atoms with van der Waals surface area (Å²) in [6.07, 6.45) is 0. The first-order valence-corrected chi connectivity index (χ1v) is 6.41. The largest absolute Gasteiger partial charge is 0.508 e. The normalized spacial score (nSPS) is 10.4. The van der Waals surface area contributed by atoms with E-state index in [1.165, 1.54) is 0 Å². The molecule has 1 N–H and O–H groups in total. The topological polar surface area (TPSA) is 49.2 Å². The van der Waals surface area contributed by atoms with Gasteiger partial charge in [-0.1, -0.05) is 23.7 Å². The quantitative estimate of drug-likeness (QED) is 0.940. The number of hydrogen-bond acceptors (Lipinski definition) is 4. The summed E-state index contributed by atoms with van der Waals surface area (Å²) in [5.74, 6) is 0.949. The van der Waals surface area contributed by atoms with Crippen molar-refractivity contribution in [2.45, 2.75) is 6.54 Å². The summed E-state index contributed by atoms with van der Waals surface area (Å²) < 4.78 is 0.783. The number of halogens is 2. The van der Waals surface area contributed by atoms with Crippen molar-refractivity contribution in [1.82, 2.24) is 10.2 Å². The number of rotatable bonds is 3. The van der Waals surface area contributed by atoms with Crippen LogP contribution < -0.4 is 4.90 Å². The highest BCUT2D eigenvalue weighted by Gasteiger charge is 2.10. The molecule has 0 unspecified atom stereocenters. The lowest BCUT2D eigenvalue weighted by atomic mass is 10.2. The maximum absolute atomic E-state index is 9.41. The lowest BCUT2D eigenvalue weighted by Crippen LogP contribution is -2.18. The van der Waals surface area contributed by atoms with E-state index in [0.717, 1.165) is 10.0 Å². The first-order valence-electron chi connectivity index (χ1n) is 5.24. The highest BCUT2D eigenvalue weighted by atomic mass is 79.9. The molecule has 0 aliphatic rings. The summed E-state index contributed by atoms with van der Waals surface area (Å²) in [6, 6.07) is 8.80. The smallest absolute Gasteiger partial charge is 0.165 e. The lowest BCUT2D eigenvalue weighted by molar-refractivity contribution is 0.474. The fraction of sp³-hybridized carbons (Fsp3) is 0.167. The predicted octanol–water partition coefficient (Wildman–Crippen LogP) is 3.23. The minimum Gasteiger partial charge on any atom is -0.508 e. The zero-order valence-corrected chi connectivity index (χ0v) is 12.0. The number of aromatic hydroxyl groups is 1. The molecule has 0 radical (unpaired) electrons. The summed E-state index contributed by atoms with van der Waals surface area (Å²) in [4.78, 5) is 1.92. The van der Waals surface area contributed by atoms with Gasteiger partial charge in [-0.25, -0.2) is 0 Å². The first-order chi connectivity index (χ1) is 8.56. The van der Waals surface area contributed by atoms with Gasteiger partial charge < -0.3 is 10.0 Å². The van der Waals surface area contributed by atoms with Crippen LogP contribution in [0, 0.1) is 0 Å². The van der Waals surface area contributed by atoms with Gasteiger partial charge in [0.1, 0.15) is 5.75 Å². The maximum Gasteiger partial charge on any atom is 0.165 e. The molecule has 0 saturated heterocycles. The second-order valence-corrected chi connectivity index (χ2v) is 5.11. The molecule has 6 heteroatoms. The van der Waals surface area contributed by atoms with E-state index in [1.54, 1.807) is 24.3 Å². The van der Waals surface area contributed by atoms with Gasteiger partial charge in [-0.15, -0.1) is 10.2 Å². The Morgan fingerprint density at radius 2 is 2.11 bits per heavy atom. The minimum absolute atomic E-state index is 0.252. The molecule has 0 aliphatic heterocycles. The van der Waals surface area contributed by atoms with Gasteiger partial charge in [0.05, 0.1) is 4.47 Å². The van der Waals surface area contributed by atoms with Crippen LogP contribution in [0.2, 0.25) is 5.15 Å². The number of phenolic OH excluding ortho intramolecular Hbond substituents is 1. The van der Waals surface area contributed by atoms with Crippen LogP contribution in [-0.2, 0) is 6.54 Å². The van der Waals surface area contributed by atoms with Crippen LogP contribution in [0.4, 0.5) is 5.82 Å². The van der Waals surface area contributed by atoms with Crippen LogP contribution >= 0.6 is 27.5 Å². The summed E-state index contributed by atoms with van der Waals surface area (Å²) in [6.45, 7) is 0.614. The van der Waals surface area contributed by atoms with E-state index in [9.17, 15) is 5.11 Å². The predicted molar refractivity (Wildman–Crippen MR) is 75.0 cm³/mol. The van der Waals surface area contributed by atoms with E-state index < -0.39 is 0 Å². The zero-order chi connectivity index (χ0) is 13.1. The Morgan fingerprint density at radius 3 is 2.78 bits per heavy atom. The van der Waals surface area contributed by atoms with Crippen LogP contribution in [0.15, 0.2) is 34.8 Å². The summed E-state index contributed by atoms with van der Waals surface area (Å²) >= 11 is 9.14. The molecule has 1 aromatic carbocycles. The third-order valence-electron chi connectivity index (χ3n) is 2.39. The van der Waals surface area contributed by atoms with Crippen LogP contribution in [0.25, 0.3) is 0 Å². The Hall–Kier alpha value is -1.33. The first kappa shape index (κ1) is 13.1. The summed E-state index contributed by atoms with van der Waals surface area (Å²) in [5.41, 5.74) is 0.987. The van der Waals surface area contributed by atoms with Crippen molar-refractivity contribution in [3.8, 4) is 5.75 Å². The Morgan fingerprint density at radius 1 is 1.33 bits per heavy atom. The van der Waals surface area contributed by atoms with Crippen LogP contribution in [-0.4, -0.2) is 22.4 Å². The molecule has 0 aliphatic carbocycles. The van der Waals surface area contributed by atoms with E-state index in [0.29, 0.717) is 17.5 Å². The second-order valence-electron chi connectivity index (χ2n) is 3.86. The monoisotopic (exact) mass is 327 g/mol. The SMILES string of the molecule is CN(Cc1cccc(O)c1)c1nnc(Cl)cc1Br. The van der Waals surface area contributed by atoms with Gasteiger partial charge in [-0.2, -0.15) is 0 Å². The standard InChI is InChI=1S/C12H11BrClN3O/c1-17(7-8-3-2-4-9(18)5-8)12-10(13)6-11(14)15-16-12/h2-6,18H,7H2,1H3. The molecule has 0 fully saturated rings. The van der Waals surface area contributed by atoms with Crippen molar-refractivity contribution in [2.24, 2.45) is 0 Å². The molecule has 0 bridgehead atoms. The highest BCUT2D eigenvalue weighted by Crippen LogP contribution is 2.25. The average molecular weight is 329 g/mol. The molecule has 0 saturated carbocycles. The molecular formula is C12H11BrClN3O. The molecular weight excluding hydrogens is 318 g/mol. The molecule has 0 atom stereocenters. The van der Waals surface area contributed by atoms with Gasteiger partial charge in [0.2, 0.25) is 0 Å². The van der Waals surface area contributed by atoms with Crippen molar-refractivity contribution >= 4 is 33.3 Å². The highest BCUT2D eigenvalue weighted by molar-refractivity contribution is 9.10. The van der Waals surface area contributed by atoms with E-state index in [-0.39, 0.29) is 5.75 Å². The van der Waals surface area contributed by atoms with Crippen molar-refractivity contribution in [3.05, 3.63) is 45.5 Å². The van der Waals surface area contributed by atoms with Gasteiger partial charge in [-0.3, -0.25) is 0 Å². The molecule has 0 amide bonds. The molecule has 18 heavy (non-hydrogen) atoms. The summed E-state index contributed by atoms with van der Waals surface area (Å²) in [7, 11) is 1.90. The Kier molecular flexibility index (Phi) is 4.04. The van der Waals surface area contributed by atoms with Crippen LogP contribution in [0.3, 0.4) is 0 Å². The maximum atomic E-state index is 9.41. The minimum atomic E-state index is 0.252. The van der Waals surface area contributed by atoms with Gasteiger partial charge in [0.25, 0.3) is 0 Å². The van der Waals surface area contributed by atoms with E-state index in [1.807, 2.05) is 18.0 Å². The number of hydrogen-bond donors (Lipinski definition) is 1. The fourth-order valence-corrected chi connectivity index (χ4v) is 2.48. The molecule has 94 valence electrons. The number of phenols is 1. The number of anilines is 1. The second kappa shape index (κ2) is 5.54. The van der Waals surface area contributed by atoms with E-state index >= 15 is 0 Å². The lowest BCUT2D eigenvalue weighted by Gasteiger charge is -2.18. The van der Waals surface area contributed by atoms with Crippen molar-refractivity contribution in [3.63, 3.8) is 0 Å². The third-order valence-corrected chi connectivity index (χ3v) is 3.16. The van der Waals surface area contributed by atoms with Crippen molar-refractivity contribution < 1.29 is 5.11 Å². The van der Waals surface area contributed by atoms with Crippen molar-refractivity contribution in [2.75, 3.05) is 11.9 Å². The van der Waals surface area contributed by atoms with E-state index in [4.69, 9.17) is 11.6 Å². The number of aromatic nitrogens is 2. The van der Waals surface area contributed by atoms with Gasteiger partial charge in [-0.05, 0) is 39.7 Å². The fourth-order valence-electron chi connectivity index (χ4n) is 1.60. The molecule has 4 nitrogen and oxygen atoms in total. The summed E-state index contributed by atoms with van der Waals surface area (Å²) in [5, 5.41) is 17.6. The van der Waals surface area contributed by atoms with Crippen LogP contribution in [0.1, 0.15) is 5.56 Å². The molecule has 0 spiro atoms. The van der Waals surface area contributed by atoms with Gasteiger partial charge in [0, 0.05) is 13.6 Å². The van der Waals surface area contributed by atoms with Crippen molar-refractivity contribution in [1.29, 1.82) is 0 Å². The number of nitrogens with zero attached hydrogens (tertiary/aromatic N) is 3. The van der Waals surface area contributed by atoms with Gasteiger partial charge >= 0.3 is 0 Å². The van der Waals surface area contributed by atoms with Gasteiger partial charge in [0.15, 0.2) is 11.0 Å². The number of benzene rings is 1. The zero-order valence-electron chi connectivity index (χ0n) is 9.64. The third kappa shape index (κ3) is 3.11. The Balaban J connectivity index is 2.19. The van der Waals surface area contributed by atoms with Crippen LogP contribution in [0.5, 0.6) is 5.75 Å². The molecule has 1 aromatic heterocycles. The molecule has 2 rings (SSSR count). The molecule has 1 heterocycles. The molecule has 2 aromatic rings. The Labute approximate surface area is 118 Å².